The number of nitrogens with zero attached hydrogens (tertiary/aromatic N) is 5. The number of rotatable bonds is 4. The first-order valence-electron chi connectivity index (χ1n) is 9.96. The van der Waals surface area contributed by atoms with E-state index in [-0.39, 0.29) is 12.1 Å². The second kappa shape index (κ2) is 7.89. The van der Waals surface area contributed by atoms with Crippen LogP contribution in [0.5, 0.6) is 0 Å². The number of aromatic nitrogens is 4. The minimum atomic E-state index is -0.818. The van der Waals surface area contributed by atoms with E-state index in [0.717, 1.165) is 5.56 Å². The number of nitrogens with one attached hydrogen (secondary N) is 1. The summed E-state index contributed by atoms with van der Waals surface area (Å²) < 4.78 is 21.4. The van der Waals surface area contributed by atoms with Crippen LogP contribution >= 0.6 is 0 Å². The van der Waals surface area contributed by atoms with Gasteiger partial charge in [-0.25, -0.2) is 9.78 Å². The van der Waals surface area contributed by atoms with Crippen molar-refractivity contribution in [3.63, 3.8) is 0 Å². The minimum Gasteiger partial charge on any atom is -0.444 e. The van der Waals surface area contributed by atoms with Crippen LogP contribution in [0.3, 0.4) is 0 Å². The summed E-state index contributed by atoms with van der Waals surface area (Å²) in [4.78, 5) is 26.3. The molecule has 1 fully saturated rings. The van der Waals surface area contributed by atoms with Crippen LogP contribution < -0.4 is 5.32 Å². The van der Waals surface area contributed by atoms with Crippen LogP contribution in [0, 0.1) is 6.08 Å². The second-order valence-electron chi connectivity index (χ2n) is 8.37. The Morgan fingerprint density at radius 3 is 2.77 bits per heavy atom. The van der Waals surface area contributed by atoms with Gasteiger partial charge in [0.2, 0.25) is 0 Å². The van der Waals surface area contributed by atoms with Gasteiger partial charge in [0.15, 0.2) is 17.0 Å². The molecule has 1 aliphatic rings. The molecule has 1 saturated heterocycles. The predicted octanol–water partition coefficient (Wildman–Crippen LogP) is 3.76. The maximum Gasteiger partial charge on any atom is 0.410 e. The smallest absolute Gasteiger partial charge is 0.410 e. The first-order chi connectivity index (χ1) is 14.3. The molecule has 1 aliphatic heterocycles. The molecular weight excluding hydrogens is 387 g/mol. The Kier molecular flexibility index (Phi) is 5.27. The number of benzene rings is 1. The number of amides is 1. The van der Waals surface area contributed by atoms with Gasteiger partial charge in [0.05, 0.1) is 12.4 Å². The van der Waals surface area contributed by atoms with Crippen molar-refractivity contribution in [2.45, 2.75) is 45.4 Å². The highest BCUT2D eigenvalue weighted by Crippen LogP contribution is 2.28. The van der Waals surface area contributed by atoms with E-state index in [1.165, 1.54) is 0 Å². The van der Waals surface area contributed by atoms with E-state index < -0.39 is 11.7 Å². The third-order valence-electron chi connectivity index (χ3n) is 4.91. The number of likely N-dealkylation sites (tertiary alicyclic amines) is 1. The molecule has 1 N–H and O–H groups in total. The number of anilines is 1. The fraction of sp³-hybridized carbons (Fsp3) is 0.429. The Morgan fingerprint density at radius 1 is 1.27 bits per heavy atom. The first kappa shape index (κ1) is 20.1. The molecule has 3 heterocycles. The minimum absolute atomic E-state index is 0.0567. The fourth-order valence-electron chi connectivity index (χ4n) is 3.52. The molecule has 1 atom stereocenters. The van der Waals surface area contributed by atoms with E-state index in [0.29, 0.717) is 43.0 Å². The van der Waals surface area contributed by atoms with Gasteiger partial charge in [-0.05, 0) is 32.8 Å². The van der Waals surface area contributed by atoms with Crippen LogP contribution in [0.15, 0.2) is 36.7 Å². The van der Waals surface area contributed by atoms with Crippen molar-refractivity contribution < 1.29 is 13.9 Å². The van der Waals surface area contributed by atoms with Crippen molar-refractivity contribution >= 4 is 23.1 Å². The maximum atomic E-state index is 14.2. The van der Waals surface area contributed by atoms with Gasteiger partial charge in [-0.2, -0.15) is 14.4 Å². The lowest BCUT2D eigenvalue weighted by atomic mass is 10.2. The summed E-state index contributed by atoms with van der Waals surface area (Å²) in [5, 5.41) is 3.15. The Balaban J connectivity index is 1.53. The average Bonchev–Trinajstić information content (AvgIpc) is 3.32. The van der Waals surface area contributed by atoms with E-state index in [1.807, 2.05) is 55.7 Å². The Morgan fingerprint density at radius 2 is 2.03 bits per heavy atom. The molecule has 3 aromatic rings. The molecule has 8 nitrogen and oxygen atoms in total. The molecular formula is C21H25FN6O2. The molecule has 0 spiro atoms. The number of ether oxygens (including phenoxy) is 1. The molecule has 158 valence electrons. The van der Waals surface area contributed by atoms with Gasteiger partial charge in [-0.1, -0.05) is 30.3 Å². The molecule has 2 aromatic heterocycles. The third kappa shape index (κ3) is 4.34. The van der Waals surface area contributed by atoms with Crippen molar-refractivity contribution in [2.75, 3.05) is 18.4 Å². The van der Waals surface area contributed by atoms with Crippen LogP contribution in [0.4, 0.5) is 15.0 Å². The Bertz CT molecular complexity index is 1050. The van der Waals surface area contributed by atoms with Crippen molar-refractivity contribution in [3.8, 4) is 0 Å². The van der Waals surface area contributed by atoms with E-state index in [2.05, 4.69) is 20.3 Å². The van der Waals surface area contributed by atoms with Crippen molar-refractivity contribution in [3.05, 3.63) is 48.3 Å². The van der Waals surface area contributed by atoms with Gasteiger partial charge < -0.3 is 19.5 Å². The molecule has 9 heteroatoms. The van der Waals surface area contributed by atoms with Gasteiger partial charge in [0.1, 0.15) is 5.60 Å². The van der Waals surface area contributed by atoms with E-state index in [1.54, 1.807) is 11.2 Å². The number of fused-ring (bicyclic) bond motifs is 1. The standard InChI is InChI=1S/C21H25FN6O2/c1-21(2,3)30-20(29)27-10-9-15(12-27)28-13-24-16-17(25-19(22)26-18(16)28)23-11-14-7-5-4-6-8-14/h4-8,13,15H,9-12H2,1-3H3,(H,23,25,26). The molecule has 0 aliphatic carbocycles. The fourth-order valence-corrected chi connectivity index (χ4v) is 3.52. The zero-order valence-electron chi connectivity index (χ0n) is 17.3. The van der Waals surface area contributed by atoms with Gasteiger partial charge in [0.25, 0.3) is 0 Å². The predicted molar refractivity (Wildman–Crippen MR) is 111 cm³/mol. The molecule has 30 heavy (non-hydrogen) atoms. The summed E-state index contributed by atoms with van der Waals surface area (Å²) in [6.45, 7) is 7.03. The van der Waals surface area contributed by atoms with Gasteiger partial charge in [-0.3, -0.25) is 0 Å². The number of imidazole rings is 1. The quantitative estimate of drug-likeness (QED) is 0.657. The number of halogens is 1. The average molecular weight is 412 g/mol. The van der Waals surface area contributed by atoms with E-state index in [9.17, 15) is 9.18 Å². The Hall–Kier alpha value is -3.23. The second-order valence-corrected chi connectivity index (χ2v) is 8.37. The largest absolute Gasteiger partial charge is 0.444 e. The molecule has 0 saturated carbocycles. The van der Waals surface area contributed by atoms with Gasteiger partial charge in [0, 0.05) is 19.6 Å². The maximum absolute atomic E-state index is 14.2. The van der Waals surface area contributed by atoms with Crippen LogP contribution in [-0.2, 0) is 11.3 Å². The zero-order valence-corrected chi connectivity index (χ0v) is 17.3. The lowest BCUT2D eigenvalue weighted by Crippen LogP contribution is -2.35. The van der Waals surface area contributed by atoms with Gasteiger partial charge >= 0.3 is 12.2 Å². The van der Waals surface area contributed by atoms with E-state index in [4.69, 9.17) is 4.74 Å². The molecule has 1 aromatic carbocycles. The molecule has 0 radical (unpaired) electrons. The summed E-state index contributed by atoms with van der Waals surface area (Å²) in [5.41, 5.74) is 1.41. The van der Waals surface area contributed by atoms with Gasteiger partial charge in [-0.15, -0.1) is 0 Å². The number of carbonyl (C=O) groups is 1. The van der Waals surface area contributed by atoms with Crippen LogP contribution in [-0.4, -0.2) is 49.2 Å². The SMILES string of the molecule is CC(C)(C)OC(=O)N1CCC(n2cnc3c(NCc4ccccc4)nc(F)nc32)C1. The van der Waals surface area contributed by atoms with Crippen molar-refractivity contribution in [1.29, 1.82) is 0 Å². The lowest BCUT2D eigenvalue weighted by molar-refractivity contribution is 0.0289. The lowest BCUT2D eigenvalue weighted by Gasteiger charge is -2.24. The number of hydrogen-bond acceptors (Lipinski definition) is 6. The van der Waals surface area contributed by atoms with Crippen LogP contribution in [0.25, 0.3) is 11.2 Å². The third-order valence-corrected chi connectivity index (χ3v) is 4.91. The summed E-state index contributed by atoms with van der Waals surface area (Å²) in [5.74, 6) is 0.349. The first-order valence-corrected chi connectivity index (χ1v) is 9.96. The monoisotopic (exact) mass is 412 g/mol. The summed E-state index contributed by atoms with van der Waals surface area (Å²) in [7, 11) is 0. The highest BCUT2D eigenvalue weighted by atomic mass is 19.1. The molecule has 1 unspecified atom stereocenters. The highest BCUT2D eigenvalue weighted by molar-refractivity contribution is 5.82. The molecule has 4 rings (SSSR count). The normalized spacial score (nSPS) is 16.8. The van der Waals surface area contributed by atoms with Crippen molar-refractivity contribution in [1.82, 2.24) is 24.4 Å². The number of carbonyl (C=O) groups excluding carboxylic acids is 1. The zero-order chi connectivity index (χ0) is 21.3. The van der Waals surface area contributed by atoms with Crippen LogP contribution in [0.1, 0.15) is 38.8 Å². The number of hydrogen-bond donors (Lipinski definition) is 1. The summed E-state index contributed by atoms with van der Waals surface area (Å²) >= 11 is 0. The van der Waals surface area contributed by atoms with Crippen molar-refractivity contribution in [2.24, 2.45) is 0 Å². The van der Waals surface area contributed by atoms with E-state index >= 15 is 0 Å². The summed E-state index contributed by atoms with van der Waals surface area (Å²) in [6.07, 6.45) is 1.18. The molecule has 0 bridgehead atoms. The summed E-state index contributed by atoms with van der Waals surface area (Å²) in [6, 6.07) is 9.72. The highest BCUT2D eigenvalue weighted by Gasteiger charge is 2.32. The Labute approximate surface area is 174 Å². The molecule has 1 amide bonds. The topological polar surface area (TPSA) is 85.2 Å². The van der Waals surface area contributed by atoms with Crippen LogP contribution in [0.2, 0.25) is 0 Å².